The van der Waals surface area contributed by atoms with Crippen LogP contribution in [0.15, 0.2) is 72.8 Å². The minimum absolute atomic E-state index is 0.459. The van der Waals surface area contributed by atoms with E-state index in [4.69, 9.17) is 21.7 Å². The van der Waals surface area contributed by atoms with Gasteiger partial charge in [-0.2, -0.15) is 5.10 Å². The quantitative estimate of drug-likeness (QED) is 0.373. The summed E-state index contributed by atoms with van der Waals surface area (Å²) < 4.78 is 14.0. The molecule has 4 rings (SSSR count). The lowest BCUT2D eigenvalue weighted by Crippen LogP contribution is -2.16. The molecule has 0 saturated carbocycles. The lowest BCUT2D eigenvalue weighted by Gasteiger charge is -2.17. The second-order valence-corrected chi connectivity index (χ2v) is 7.44. The molecule has 3 aromatic carbocycles. The van der Waals surface area contributed by atoms with Gasteiger partial charge in [0, 0.05) is 11.1 Å². The van der Waals surface area contributed by atoms with Crippen molar-refractivity contribution < 1.29 is 9.47 Å². The lowest BCUT2D eigenvalue weighted by molar-refractivity contribution is 0.281. The Morgan fingerprint density at radius 2 is 1.71 bits per heavy atom. The third-order valence-electron chi connectivity index (χ3n) is 5.05. The summed E-state index contributed by atoms with van der Waals surface area (Å²) in [6.07, 6.45) is 0. The molecule has 0 saturated heterocycles. The van der Waals surface area contributed by atoms with E-state index in [1.54, 1.807) is 11.8 Å². The van der Waals surface area contributed by atoms with E-state index in [1.165, 1.54) is 5.56 Å². The maximum absolute atomic E-state index is 6.22. The first-order chi connectivity index (χ1) is 15.2. The van der Waals surface area contributed by atoms with Crippen LogP contribution in [0, 0.1) is 11.7 Å². The van der Waals surface area contributed by atoms with Gasteiger partial charge in [0.1, 0.15) is 6.61 Å². The largest absolute Gasteiger partial charge is 0.493 e. The van der Waals surface area contributed by atoms with Crippen molar-refractivity contribution in [3.05, 3.63) is 94.3 Å². The Morgan fingerprint density at radius 1 is 0.968 bits per heavy atom. The highest BCUT2D eigenvalue weighted by atomic mass is 32.1. The van der Waals surface area contributed by atoms with Crippen molar-refractivity contribution in [2.75, 3.05) is 12.5 Å². The van der Waals surface area contributed by atoms with E-state index in [0.717, 1.165) is 22.5 Å². The van der Waals surface area contributed by atoms with Crippen molar-refractivity contribution in [1.82, 2.24) is 14.9 Å². The normalized spacial score (nSPS) is 10.6. The highest BCUT2D eigenvalue weighted by Gasteiger charge is 2.13. The van der Waals surface area contributed by atoms with Crippen molar-refractivity contribution in [2.45, 2.75) is 20.1 Å². The number of nitrogens with zero attached hydrogens (tertiary/aromatic N) is 2. The van der Waals surface area contributed by atoms with E-state index in [9.17, 15) is 0 Å². The molecule has 2 N–H and O–H groups in total. The number of aromatic nitrogens is 3. The second kappa shape index (κ2) is 9.49. The predicted octanol–water partition coefficient (Wildman–Crippen LogP) is 5.25. The topological polar surface area (TPSA) is 64.1 Å². The van der Waals surface area contributed by atoms with E-state index >= 15 is 0 Å². The van der Waals surface area contributed by atoms with Gasteiger partial charge in [-0.1, -0.05) is 66.7 Å². The van der Waals surface area contributed by atoms with Gasteiger partial charge in [-0.05, 0) is 36.3 Å². The molecule has 0 bridgehead atoms. The molecule has 158 valence electrons. The Kier molecular flexibility index (Phi) is 6.33. The van der Waals surface area contributed by atoms with Gasteiger partial charge in [-0.3, -0.25) is 0 Å². The highest BCUT2D eigenvalue weighted by molar-refractivity contribution is 7.71. The fraction of sp³-hybridized carbons (Fsp3) is 0.167. The van der Waals surface area contributed by atoms with E-state index in [-0.39, 0.29) is 0 Å². The van der Waals surface area contributed by atoms with Crippen LogP contribution in [0.1, 0.15) is 16.7 Å². The molecule has 4 aromatic rings. The van der Waals surface area contributed by atoms with Crippen LogP contribution >= 0.6 is 12.2 Å². The fourth-order valence-electron chi connectivity index (χ4n) is 3.34. The molecule has 0 unspecified atom stereocenters. The number of benzene rings is 3. The minimum Gasteiger partial charge on any atom is -0.493 e. The zero-order valence-corrected chi connectivity index (χ0v) is 18.3. The summed E-state index contributed by atoms with van der Waals surface area (Å²) in [4.78, 5) is 0. The Labute approximate surface area is 186 Å². The average molecular weight is 433 g/mol. The molecule has 0 radical (unpaired) electrons. The summed E-state index contributed by atoms with van der Waals surface area (Å²) in [5.41, 5.74) is 7.60. The van der Waals surface area contributed by atoms with Crippen molar-refractivity contribution in [1.29, 1.82) is 0 Å². The van der Waals surface area contributed by atoms with Crippen molar-refractivity contribution in [3.8, 4) is 22.9 Å². The molecule has 6 nitrogen and oxygen atoms in total. The van der Waals surface area contributed by atoms with Gasteiger partial charge in [0.15, 0.2) is 17.3 Å². The van der Waals surface area contributed by atoms with E-state index in [2.05, 4.69) is 34.7 Å². The standard InChI is InChI=1S/C24H24N4O2S/c1-17-9-6-7-12-20(17)16-30-22-19(13-8-14-21(22)29-2)15-25-28-23(26-27-24(28)31)18-10-4-3-5-11-18/h3-14,25H,15-16H2,1-2H3,(H,27,31). The van der Waals surface area contributed by atoms with Gasteiger partial charge >= 0.3 is 0 Å². The summed E-state index contributed by atoms with van der Waals surface area (Å²) in [6.45, 7) is 3.02. The van der Waals surface area contributed by atoms with Gasteiger partial charge in [0.25, 0.3) is 0 Å². The number of methoxy groups -OCH3 is 1. The number of rotatable bonds is 8. The molecular weight excluding hydrogens is 408 g/mol. The number of nitrogens with one attached hydrogen (secondary N) is 2. The van der Waals surface area contributed by atoms with Crippen molar-refractivity contribution in [2.24, 2.45) is 0 Å². The van der Waals surface area contributed by atoms with E-state index in [0.29, 0.717) is 29.4 Å². The second-order valence-electron chi connectivity index (χ2n) is 7.05. The molecule has 0 aliphatic heterocycles. The van der Waals surface area contributed by atoms with Crippen LogP contribution in [0.25, 0.3) is 11.4 Å². The lowest BCUT2D eigenvalue weighted by atomic mass is 10.1. The molecule has 0 aliphatic carbocycles. The third kappa shape index (κ3) is 4.62. The van der Waals surface area contributed by atoms with Gasteiger partial charge in [0.05, 0.1) is 13.7 Å². The number of hydrogen-bond donors (Lipinski definition) is 2. The van der Waals surface area contributed by atoms with Gasteiger partial charge in [0.2, 0.25) is 4.77 Å². The fourth-order valence-corrected chi connectivity index (χ4v) is 3.53. The van der Waals surface area contributed by atoms with Crippen LogP contribution in [0.4, 0.5) is 0 Å². The average Bonchev–Trinajstić information content (AvgIpc) is 3.18. The number of ether oxygens (including phenoxy) is 2. The summed E-state index contributed by atoms with van der Waals surface area (Å²) >= 11 is 5.43. The molecule has 0 aliphatic rings. The summed E-state index contributed by atoms with van der Waals surface area (Å²) in [7, 11) is 1.65. The number of aryl methyl sites for hydroxylation is 1. The first kappa shape index (κ1) is 20.7. The molecule has 31 heavy (non-hydrogen) atoms. The molecule has 0 spiro atoms. The number of aromatic amines is 1. The van der Waals surface area contributed by atoms with E-state index in [1.807, 2.05) is 60.7 Å². The first-order valence-electron chi connectivity index (χ1n) is 9.97. The van der Waals surface area contributed by atoms with Gasteiger partial charge < -0.3 is 14.9 Å². The van der Waals surface area contributed by atoms with Crippen LogP contribution in [0.3, 0.4) is 0 Å². The third-order valence-corrected chi connectivity index (χ3v) is 5.32. The molecule has 1 aromatic heterocycles. The van der Waals surface area contributed by atoms with Crippen LogP contribution < -0.4 is 14.9 Å². The van der Waals surface area contributed by atoms with Crippen LogP contribution in [0.2, 0.25) is 0 Å². The Bertz CT molecular complexity index is 1220. The molecule has 0 atom stereocenters. The molecular formula is C24H24N4O2S. The van der Waals surface area contributed by atoms with Crippen molar-refractivity contribution in [3.63, 3.8) is 0 Å². The van der Waals surface area contributed by atoms with Crippen LogP contribution in [-0.4, -0.2) is 22.0 Å². The first-order valence-corrected chi connectivity index (χ1v) is 10.4. The molecule has 7 heteroatoms. The monoisotopic (exact) mass is 432 g/mol. The summed E-state index contributed by atoms with van der Waals surface area (Å²) in [5, 5.41) is 7.23. The molecule has 0 amide bonds. The Hall–Kier alpha value is -3.58. The van der Waals surface area contributed by atoms with Gasteiger partial charge in [-0.25, -0.2) is 9.77 Å². The Balaban J connectivity index is 1.58. The zero-order chi connectivity index (χ0) is 21.6. The smallest absolute Gasteiger partial charge is 0.214 e. The van der Waals surface area contributed by atoms with E-state index < -0.39 is 0 Å². The van der Waals surface area contributed by atoms with Crippen LogP contribution in [-0.2, 0) is 13.2 Å². The SMILES string of the molecule is COc1cccc(CNn2c(-c3ccccc3)n[nH]c2=S)c1OCc1ccccc1C. The summed E-state index contributed by atoms with van der Waals surface area (Å²) in [5.74, 6) is 2.11. The van der Waals surface area contributed by atoms with Gasteiger partial charge in [-0.15, -0.1) is 0 Å². The Morgan fingerprint density at radius 3 is 2.48 bits per heavy atom. The van der Waals surface area contributed by atoms with Crippen LogP contribution in [0.5, 0.6) is 11.5 Å². The number of H-pyrrole nitrogens is 1. The zero-order valence-electron chi connectivity index (χ0n) is 17.5. The highest BCUT2D eigenvalue weighted by Crippen LogP contribution is 2.32. The predicted molar refractivity (Wildman–Crippen MR) is 124 cm³/mol. The summed E-state index contributed by atoms with van der Waals surface area (Å²) in [6, 6.07) is 23.9. The minimum atomic E-state index is 0.459. The maximum Gasteiger partial charge on any atom is 0.214 e. The maximum atomic E-state index is 6.22. The molecule has 0 fully saturated rings. The number of hydrogen-bond acceptors (Lipinski definition) is 5. The van der Waals surface area contributed by atoms with Crippen molar-refractivity contribution >= 4 is 12.2 Å². The molecule has 1 heterocycles. The number of para-hydroxylation sites is 1.